The average molecular weight is 446 g/mol. The van der Waals surface area contributed by atoms with Crippen molar-refractivity contribution < 1.29 is 44.2 Å². The maximum atomic E-state index is 12.9. The van der Waals surface area contributed by atoms with Crippen molar-refractivity contribution in [3.05, 3.63) is 52.9 Å². The summed E-state index contributed by atoms with van der Waals surface area (Å²) in [5, 5.41) is 49.4. The Hall–Kier alpha value is -3.15. The topological polar surface area (TPSA) is 159 Å². The Bertz CT molecular complexity index is 1170. The Morgan fingerprint density at radius 1 is 1.03 bits per heavy atom. The fourth-order valence-electron chi connectivity index (χ4n) is 3.54. The van der Waals surface area contributed by atoms with Gasteiger partial charge < -0.3 is 44.2 Å². The molecule has 5 atom stereocenters. The van der Waals surface area contributed by atoms with E-state index in [4.69, 9.17) is 18.6 Å². The van der Waals surface area contributed by atoms with E-state index in [1.807, 2.05) is 0 Å². The van der Waals surface area contributed by atoms with Crippen LogP contribution in [-0.4, -0.2) is 70.0 Å². The third kappa shape index (κ3) is 3.90. The van der Waals surface area contributed by atoms with Crippen LogP contribution in [0.1, 0.15) is 0 Å². The molecule has 1 fully saturated rings. The van der Waals surface area contributed by atoms with Gasteiger partial charge in [-0.25, -0.2) is 0 Å². The lowest BCUT2D eigenvalue weighted by atomic mass is 9.99. The molecule has 10 nitrogen and oxygen atoms in total. The van der Waals surface area contributed by atoms with Gasteiger partial charge in [-0.3, -0.25) is 4.79 Å². The molecule has 0 spiro atoms. The van der Waals surface area contributed by atoms with E-state index in [-0.39, 0.29) is 39.2 Å². The molecular formula is C22H22O10. The largest absolute Gasteiger partial charge is 0.504 e. The molecule has 1 saturated heterocycles. The van der Waals surface area contributed by atoms with Crippen molar-refractivity contribution in [2.75, 3.05) is 13.7 Å². The first-order chi connectivity index (χ1) is 15.3. The number of hydrogen-bond donors (Lipinski definition) is 5. The second-order valence-corrected chi connectivity index (χ2v) is 7.34. The second kappa shape index (κ2) is 8.77. The highest BCUT2D eigenvalue weighted by molar-refractivity contribution is 5.83. The number of aliphatic hydroxyl groups excluding tert-OH is 4. The van der Waals surface area contributed by atoms with Crippen LogP contribution in [0.3, 0.4) is 0 Å². The molecule has 32 heavy (non-hydrogen) atoms. The number of ether oxygens (including phenoxy) is 3. The zero-order chi connectivity index (χ0) is 23.0. The Labute approximate surface area is 181 Å². The van der Waals surface area contributed by atoms with Crippen LogP contribution >= 0.6 is 0 Å². The number of aromatic hydroxyl groups is 1. The summed E-state index contributed by atoms with van der Waals surface area (Å²) >= 11 is 0. The van der Waals surface area contributed by atoms with Gasteiger partial charge in [0.05, 0.1) is 24.7 Å². The average Bonchev–Trinajstić information content (AvgIpc) is 2.79. The molecule has 0 unspecified atom stereocenters. The standard InChI is InChI=1S/C22H22O10/c1-29-15-5-2-10(6-14(15)24)13-9-30-16-7-11(3-4-12(16)18(13)25)31-22-21(28)20(27)19(26)17(8-23)32-22/h2-7,9,17,19-24,26-28H,8H2,1H3/t17-,19-,20+,21-,22+/m0/s1. The van der Waals surface area contributed by atoms with Gasteiger partial charge in [-0.2, -0.15) is 0 Å². The van der Waals surface area contributed by atoms with Gasteiger partial charge in [0, 0.05) is 6.07 Å². The van der Waals surface area contributed by atoms with Crippen molar-refractivity contribution >= 4 is 11.0 Å². The normalized spacial score (nSPS) is 25.6. The number of phenols is 1. The van der Waals surface area contributed by atoms with E-state index in [9.17, 15) is 30.3 Å². The van der Waals surface area contributed by atoms with Gasteiger partial charge in [-0.15, -0.1) is 0 Å². The van der Waals surface area contributed by atoms with Crippen LogP contribution in [0.2, 0.25) is 0 Å². The van der Waals surface area contributed by atoms with E-state index < -0.39 is 37.3 Å². The molecule has 4 rings (SSSR count). The monoisotopic (exact) mass is 446 g/mol. The van der Waals surface area contributed by atoms with Gasteiger partial charge in [-0.05, 0) is 29.8 Å². The lowest BCUT2D eigenvalue weighted by Crippen LogP contribution is -2.60. The molecule has 0 bridgehead atoms. The molecule has 1 aliphatic rings. The maximum absolute atomic E-state index is 12.9. The molecule has 0 saturated carbocycles. The fraction of sp³-hybridized carbons (Fsp3) is 0.318. The summed E-state index contributed by atoms with van der Waals surface area (Å²) in [7, 11) is 1.42. The molecule has 3 aromatic rings. The zero-order valence-corrected chi connectivity index (χ0v) is 16.9. The smallest absolute Gasteiger partial charge is 0.229 e. The third-order valence-corrected chi connectivity index (χ3v) is 5.34. The van der Waals surface area contributed by atoms with E-state index in [0.29, 0.717) is 5.56 Å². The fourth-order valence-corrected chi connectivity index (χ4v) is 3.54. The van der Waals surface area contributed by atoms with Crippen molar-refractivity contribution in [3.63, 3.8) is 0 Å². The number of rotatable bonds is 5. The van der Waals surface area contributed by atoms with Gasteiger partial charge in [0.1, 0.15) is 42.0 Å². The van der Waals surface area contributed by atoms with Crippen molar-refractivity contribution in [1.82, 2.24) is 0 Å². The Balaban J connectivity index is 1.62. The van der Waals surface area contributed by atoms with Crippen LogP contribution < -0.4 is 14.9 Å². The highest BCUT2D eigenvalue weighted by Gasteiger charge is 2.44. The molecule has 1 aliphatic heterocycles. The van der Waals surface area contributed by atoms with Crippen molar-refractivity contribution in [2.45, 2.75) is 30.7 Å². The highest BCUT2D eigenvalue weighted by Crippen LogP contribution is 2.32. The molecule has 2 aromatic carbocycles. The Morgan fingerprint density at radius 3 is 2.50 bits per heavy atom. The van der Waals surface area contributed by atoms with Gasteiger partial charge in [0.25, 0.3) is 0 Å². The summed E-state index contributed by atoms with van der Waals surface area (Å²) < 4.78 is 21.5. The minimum atomic E-state index is -1.58. The molecule has 0 radical (unpaired) electrons. The first-order valence-corrected chi connectivity index (χ1v) is 9.74. The van der Waals surface area contributed by atoms with Crippen LogP contribution in [-0.2, 0) is 4.74 Å². The van der Waals surface area contributed by atoms with E-state index in [0.717, 1.165) is 0 Å². The molecule has 170 valence electrons. The molecular weight excluding hydrogens is 424 g/mol. The van der Waals surface area contributed by atoms with E-state index in [1.54, 1.807) is 6.07 Å². The Morgan fingerprint density at radius 2 is 1.81 bits per heavy atom. The molecule has 10 heteroatoms. The predicted molar refractivity (Wildman–Crippen MR) is 111 cm³/mol. The van der Waals surface area contributed by atoms with Crippen molar-refractivity contribution in [2.24, 2.45) is 0 Å². The number of benzene rings is 2. The SMILES string of the molecule is COc1ccc(-c2coc3cc(O[C@@H]4O[C@@H](CO)[C@H](O)[C@@H](O)[C@@H]4O)ccc3c2=O)cc1O. The van der Waals surface area contributed by atoms with Crippen LogP contribution in [0.5, 0.6) is 17.2 Å². The number of aliphatic hydroxyl groups is 4. The molecule has 1 aromatic heterocycles. The second-order valence-electron chi connectivity index (χ2n) is 7.34. The number of phenolic OH excluding ortho intramolecular Hbond substituents is 1. The maximum Gasteiger partial charge on any atom is 0.229 e. The van der Waals surface area contributed by atoms with Crippen molar-refractivity contribution in [1.29, 1.82) is 0 Å². The minimum Gasteiger partial charge on any atom is -0.504 e. The molecule has 0 amide bonds. The number of hydrogen-bond acceptors (Lipinski definition) is 10. The summed E-state index contributed by atoms with van der Waals surface area (Å²) in [6.07, 6.45) is -5.87. The predicted octanol–water partition coefficient (Wildman–Crippen LogP) is 0.353. The van der Waals surface area contributed by atoms with Gasteiger partial charge in [0.2, 0.25) is 6.29 Å². The number of methoxy groups -OCH3 is 1. The van der Waals surface area contributed by atoms with Gasteiger partial charge in [0.15, 0.2) is 16.9 Å². The first kappa shape index (κ1) is 22.1. The quantitative estimate of drug-likeness (QED) is 0.370. The van der Waals surface area contributed by atoms with Crippen LogP contribution in [0.15, 0.2) is 51.9 Å². The van der Waals surface area contributed by atoms with Crippen molar-refractivity contribution in [3.8, 4) is 28.4 Å². The van der Waals surface area contributed by atoms with Crippen LogP contribution in [0, 0.1) is 0 Å². The molecule has 2 heterocycles. The summed E-state index contributed by atoms with van der Waals surface area (Å²) in [5.74, 6) is 0.321. The highest BCUT2D eigenvalue weighted by atomic mass is 16.7. The van der Waals surface area contributed by atoms with E-state index >= 15 is 0 Å². The number of fused-ring (bicyclic) bond motifs is 1. The van der Waals surface area contributed by atoms with Gasteiger partial charge in [-0.1, -0.05) is 6.07 Å². The minimum absolute atomic E-state index is 0.118. The summed E-state index contributed by atoms with van der Waals surface area (Å²) in [4.78, 5) is 12.9. The van der Waals surface area contributed by atoms with Crippen LogP contribution in [0.4, 0.5) is 0 Å². The molecule has 0 aliphatic carbocycles. The first-order valence-electron chi connectivity index (χ1n) is 9.74. The lowest BCUT2D eigenvalue weighted by molar-refractivity contribution is -0.277. The molecule has 5 N–H and O–H groups in total. The lowest BCUT2D eigenvalue weighted by Gasteiger charge is -2.39. The van der Waals surface area contributed by atoms with Crippen LogP contribution in [0.25, 0.3) is 22.1 Å². The van der Waals surface area contributed by atoms with E-state index in [1.165, 1.54) is 43.7 Å². The summed E-state index contributed by atoms with van der Waals surface area (Å²) in [6, 6.07) is 8.88. The summed E-state index contributed by atoms with van der Waals surface area (Å²) in [6.45, 7) is -0.582. The zero-order valence-electron chi connectivity index (χ0n) is 16.9. The third-order valence-electron chi connectivity index (χ3n) is 5.34. The summed E-state index contributed by atoms with van der Waals surface area (Å²) in [5.41, 5.74) is 0.535. The Kier molecular flexibility index (Phi) is 6.04. The van der Waals surface area contributed by atoms with Gasteiger partial charge >= 0.3 is 0 Å². The van der Waals surface area contributed by atoms with E-state index in [2.05, 4.69) is 0 Å².